The second kappa shape index (κ2) is 4.81. The normalized spacial score (nSPS) is 25.1. The third-order valence-corrected chi connectivity index (χ3v) is 4.07. The van der Waals surface area contributed by atoms with Crippen LogP contribution in [0.2, 0.25) is 0 Å². The van der Waals surface area contributed by atoms with Crippen molar-refractivity contribution in [1.82, 2.24) is 15.1 Å². The highest BCUT2D eigenvalue weighted by molar-refractivity contribution is 5.09. The Morgan fingerprint density at radius 3 is 2.65 bits per heavy atom. The van der Waals surface area contributed by atoms with E-state index in [9.17, 15) is 0 Å². The number of aromatic nitrogens is 2. The third kappa shape index (κ3) is 2.54. The Morgan fingerprint density at radius 2 is 2.18 bits per heavy atom. The maximum absolute atomic E-state index is 4.68. The molecule has 0 spiro atoms. The molecule has 2 rings (SSSR count). The van der Waals surface area contributed by atoms with E-state index in [1.54, 1.807) is 0 Å². The molecular weight excluding hydrogens is 210 g/mol. The smallest absolute Gasteiger partial charge is 0.0643 e. The van der Waals surface area contributed by atoms with E-state index in [0.29, 0.717) is 12.0 Å². The number of hydrogen-bond donors (Lipinski definition) is 1. The average molecular weight is 235 g/mol. The van der Waals surface area contributed by atoms with Crippen LogP contribution in [0.5, 0.6) is 0 Å². The maximum atomic E-state index is 4.68. The Bertz CT molecular complexity index is 359. The molecule has 0 aliphatic carbocycles. The molecular formula is C14H25N3. The van der Waals surface area contributed by atoms with Gasteiger partial charge in [-0.1, -0.05) is 13.8 Å². The molecule has 3 heteroatoms. The lowest BCUT2D eigenvalue weighted by Crippen LogP contribution is -2.46. The summed E-state index contributed by atoms with van der Waals surface area (Å²) in [7, 11) is 0. The minimum atomic E-state index is 0.274. The van der Waals surface area contributed by atoms with E-state index >= 15 is 0 Å². The van der Waals surface area contributed by atoms with Gasteiger partial charge in [-0.25, -0.2) is 0 Å². The number of nitrogens with zero attached hydrogens (tertiary/aromatic N) is 2. The predicted molar refractivity (Wildman–Crippen MR) is 71.1 cm³/mol. The van der Waals surface area contributed by atoms with Crippen molar-refractivity contribution in [3.05, 3.63) is 18.0 Å². The first-order valence-corrected chi connectivity index (χ1v) is 6.82. The van der Waals surface area contributed by atoms with Crippen LogP contribution >= 0.6 is 0 Å². The van der Waals surface area contributed by atoms with E-state index in [1.807, 2.05) is 0 Å². The lowest BCUT2D eigenvalue weighted by atomic mass is 9.81. The molecule has 3 nitrogen and oxygen atoms in total. The molecule has 1 aliphatic rings. The van der Waals surface area contributed by atoms with E-state index in [4.69, 9.17) is 0 Å². The van der Waals surface area contributed by atoms with Crippen LogP contribution in [0.15, 0.2) is 12.3 Å². The van der Waals surface area contributed by atoms with Crippen LogP contribution in [-0.4, -0.2) is 21.9 Å². The van der Waals surface area contributed by atoms with Gasteiger partial charge in [0.05, 0.1) is 5.69 Å². The highest BCUT2D eigenvalue weighted by Gasteiger charge is 2.37. The summed E-state index contributed by atoms with van der Waals surface area (Å²) in [5.41, 5.74) is 1.50. The predicted octanol–water partition coefficient (Wildman–Crippen LogP) is 2.78. The molecule has 2 heterocycles. The van der Waals surface area contributed by atoms with Crippen molar-refractivity contribution in [2.24, 2.45) is 5.92 Å². The molecule has 1 aromatic heterocycles. The highest BCUT2D eigenvalue weighted by atomic mass is 15.3. The van der Waals surface area contributed by atoms with Crippen molar-refractivity contribution in [3.63, 3.8) is 0 Å². The Morgan fingerprint density at radius 1 is 1.41 bits per heavy atom. The SMILES string of the molecule is CC(C)n1ccc(CC2(C(C)C)CCCN2)n1. The monoisotopic (exact) mass is 235 g/mol. The lowest BCUT2D eigenvalue weighted by molar-refractivity contribution is 0.266. The van der Waals surface area contributed by atoms with E-state index in [2.05, 4.69) is 55.1 Å². The van der Waals surface area contributed by atoms with Gasteiger partial charge in [-0.2, -0.15) is 5.10 Å². The van der Waals surface area contributed by atoms with E-state index in [1.165, 1.54) is 18.5 Å². The summed E-state index contributed by atoms with van der Waals surface area (Å²) >= 11 is 0. The zero-order chi connectivity index (χ0) is 12.5. The summed E-state index contributed by atoms with van der Waals surface area (Å²) in [4.78, 5) is 0. The van der Waals surface area contributed by atoms with Crippen LogP contribution in [0.1, 0.15) is 52.3 Å². The summed E-state index contributed by atoms with van der Waals surface area (Å²) in [6.45, 7) is 10.1. The van der Waals surface area contributed by atoms with Gasteiger partial charge >= 0.3 is 0 Å². The first kappa shape index (κ1) is 12.6. The van der Waals surface area contributed by atoms with Crippen LogP contribution in [0.3, 0.4) is 0 Å². The molecule has 1 N–H and O–H groups in total. The van der Waals surface area contributed by atoms with Crippen LogP contribution in [0.25, 0.3) is 0 Å². The molecule has 96 valence electrons. The van der Waals surface area contributed by atoms with Crippen molar-refractivity contribution in [3.8, 4) is 0 Å². The van der Waals surface area contributed by atoms with Gasteiger partial charge in [0.25, 0.3) is 0 Å². The lowest BCUT2D eigenvalue weighted by Gasteiger charge is -2.33. The molecule has 0 saturated carbocycles. The van der Waals surface area contributed by atoms with Crippen molar-refractivity contribution >= 4 is 0 Å². The molecule has 1 atom stereocenters. The molecule has 1 saturated heterocycles. The van der Waals surface area contributed by atoms with Gasteiger partial charge in [0, 0.05) is 24.2 Å². The zero-order valence-corrected chi connectivity index (χ0v) is 11.5. The second-order valence-electron chi connectivity index (χ2n) is 5.90. The summed E-state index contributed by atoms with van der Waals surface area (Å²) in [5.74, 6) is 0.661. The highest BCUT2D eigenvalue weighted by Crippen LogP contribution is 2.30. The fraction of sp³-hybridized carbons (Fsp3) is 0.786. The average Bonchev–Trinajstić information content (AvgIpc) is 2.88. The largest absolute Gasteiger partial charge is 0.311 e. The van der Waals surface area contributed by atoms with Crippen molar-refractivity contribution in [1.29, 1.82) is 0 Å². The molecule has 17 heavy (non-hydrogen) atoms. The van der Waals surface area contributed by atoms with E-state index < -0.39 is 0 Å². The maximum Gasteiger partial charge on any atom is 0.0643 e. The van der Waals surface area contributed by atoms with Gasteiger partial charge < -0.3 is 5.32 Å². The first-order chi connectivity index (χ1) is 8.03. The Hall–Kier alpha value is -0.830. The summed E-state index contributed by atoms with van der Waals surface area (Å²) in [6, 6.07) is 2.62. The van der Waals surface area contributed by atoms with Crippen molar-refractivity contribution in [2.75, 3.05) is 6.54 Å². The minimum absolute atomic E-state index is 0.274. The summed E-state index contributed by atoms with van der Waals surface area (Å²) in [6.07, 6.45) is 5.73. The number of rotatable bonds is 4. The quantitative estimate of drug-likeness (QED) is 0.869. The van der Waals surface area contributed by atoms with Crippen LogP contribution in [0, 0.1) is 5.92 Å². The third-order valence-electron chi connectivity index (χ3n) is 4.07. The molecule has 1 unspecified atom stereocenters. The van der Waals surface area contributed by atoms with Crippen LogP contribution in [0.4, 0.5) is 0 Å². The van der Waals surface area contributed by atoms with Crippen LogP contribution < -0.4 is 5.32 Å². The van der Waals surface area contributed by atoms with Gasteiger partial charge in [-0.05, 0) is 45.2 Å². The van der Waals surface area contributed by atoms with Gasteiger partial charge in [-0.15, -0.1) is 0 Å². The van der Waals surface area contributed by atoms with Crippen LogP contribution in [-0.2, 0) is 6.42 Å². The molecule has 1 fully saturated rings. The van der Waals surface area contributed by atoms with Gasteiger partial charge in [-0.3, -0.25) is 4.68 Å². The molecule has 1 aliphatic heterocycles. The molecule has 0 amide bonds. The topological polar surface area (TPSA) is 29.9 Å². The van der Waals surface area contributed by atoms with Gasteiger partial charge in [0.2, 0.25) is 0 Å². The minimum Gasteiger partial charge on any atom is -0.311 e. The van der Waals surface area contributed by atoms with E-state index in [0.717, 1.165) is 13.0 Å². The zero-order valence-electron chi connectivity index (χ0n) is 11.5. The molecule has 0 radical (unpaired) electrons. The first-order valence-electron chi connectivity index (χ1n) is 6.82. The van der Waals surface area contributed by atoms with Crippen molar-refractivity contribution in [2.45, 2.75) is 58.5 Å². The summed E-state index contributed by atoms with van der Waals surface area (Å²) < 4.78 is 2.05. The second-order valence-corrected chi connectivity index (χ2v) is 5.90. The van der Waals surface area contributed by atoms with Gasteiger partial charge in [0.1, 0.15) is 0 Å². The summed E-state index contributed by atoms with van der Waals surface area (Å²) in [5, 5.41) is 8.38. The fourth-order valence-corrected chi connectivity index (χ4v) is 2.76. The fourth-order valence-electron chi connectivity index (χ4n) is 2.76. The molecule has 0 aromatic carbocycles. The molecule has 1 aromatic rings. The van der Waals surface area contributed by atoms with Gasteiger partial charge in [0.15, 0.2) is 0 Å². The Labute approximate surface area is 105 Å². The van der Waals surface area contributed by atoms with Crippen molar-refractivity contribution < 1.29 is 0 Å². The Balaban J connectivity index is 2.12. The number of nitrogens with one attached hydrogen (secondary N) is 1. The Kier molecular flexibility index (Phi) is 3.57. The molecule has 0 bridgehead atoms. The number of hydrogen-bond acceptors (Lipinski definition) is 2. The van der Waals surface area contributed by atoms with E-state index in [-0.39, 0.29) is 5.54 Å². The standard InChI is InChI=1S/C14H25N3/c1-11(2)14(7-5-8-15-14)10-13-6-9-17(16-13)12(3)4/h6,9,11-12,15H,5,7-8,10H2,1-4H3.